The Balaban J connectivity index is 1.65. The van der Waals surface area contributed by atoms with E-state index >= 15 is 0 Å². The van der Waals surface area contributed by atoms with Crippen molar-refractivity contribution in [2.75, 3.05) is 19.7 Å². The second kappa shape index (κ2) is 10.4. The first kappa shape index (κ1) is 19.8. The van der Waals surface area contributed by atoms with Crippen LogP contribution in [0.25, 0.3) is 0 Å². The van der Waals surface area contributed by atoms with Gasteiger partial charge in [0.1, 0.15) is 6.10 Å². The lowest BCUT2D eigenvalue weighted by Crippen LogP contribution is -2.52. The molecule has 6 heteroatoms. The fraction of sp³-hybridized carbons (Fsp3) is 0.789. The standard InChI is InChI=1S/C19H33N3O3/c1-3-4-14-25-15(2)18(23)22-12-10-17(11-13-22)21-19(24)20-16-8-6-5-7-9-16/h3,15-17H,1,4-14H2,2H3,(H2,20,21,24). The van der Waals surface area contributed by atoms with E-state index in [2.05, 4.69) is 17.2 Å². The molecule has 0 aromatic heterocycles. The van der Waals surface area contributed by atoms with E-state index < -0.39 is 6.10 Å². The number of ether oxygens (including phenoxy) is 1. The SMILES string of the molecule is C=CCCOC(C)C(=O)N1CCC(NC(=O)NC2CCCCC2)CC1. The van der Waals surface area contributed by atoms with Gasteiger partial charge in [0.25, 0.3) is 5.91 Å². The first-order chi connectivity index (χ1) is 12.1. The lowest BCUT2D eigenvalue weighted by Gasteiger charge is -2.34. The molecule has 6 nitrogen and oxygen atoms in total. The summed E-state index contributed by atoms with van der Waals surface area (Å²) in [5.41, 5.74) is 0. The third-order valence-electron chi connectivity index (χ3n) is 5.12. The molecule has 1 saturated heterocycles. The van der Waals surface area contributed by atoms with E-state index in [-0.39, 0.29) is 18.0 Å². The molecule has 0 aromatic rings. The normalized spacial score (nSPS) is 20.8. The van der Waals surface area contributed by atoms with Crippen LogP contribution in [0.5, 0.6) is 0 Å². The zero-order valence-corrected chi connectivity index (χ0v) is 15.5. The number of rotatable bonds is 7. The van der Waals surface area contributed by atoms with Gasteiger partial charge in [0, 0.05) is 25.2 Å². The van der Waals surface area contributed by atoms with Crippen LogP contribution in [-0.4, -0.2) is 54.7 Å². The highest BCUT2D eigenvalue weighted by Gasteiger charge is 2.27. The van der Waals surface area contributed by atoms with Crippen molar-refractivity contribution in [2.45, 2.75) is 76.5 Å². The van der Waals surface area contributed by atoms with Crippen LogP contribution < -0.4 is 10.6 Å². The summed E-state index contributed by atoms with van der Waals surface area (Å²) in [4.78, 5) is 26.3. The van der Waals surface area contributed by atoms with Gasteiger partial charge in [0.2, 0.25) is 0 Å². The summed E-state index contributed by atoms with van der Waals surface area (Å²) in [5, 5.41) is 6.15. The van der Waals surface area contributed by atoms with Crippen molar-refractivity contribution in [3.05, 3.63) is 12.7 Å². The number of urea groups is 1. The quantitative estimate of drug-likeness (QED) is 0.547. The number of hydrogen-bond acceptors (Lipinski definition) is 3. The largest absolute Gasteiger partial charge is 0.368 e. The van der Waals surface area contributed by atoms with E-state index in [1.165, 1.54) is 19.3 Å². The topological polar surface area (TPSA) is 70.7 Å². The van der Waals surface area contributed by atoms with E-state index in [0.29, 0.717) is 25.7 Å². The highest BCUT2D eigenvalue weighted by atomic mass is 16.5. The van der Waals surface area contributed by atoms with Crippen LogP contribution in [0.2, 0.25) is 0 Å². The number of amides is 3. The third kappa shape index (κ3) is 6.69. The van der Waals surface area contributed by atoms with E-state index in [0.717, 1.165) is 32.1 Å². The molecule has 2 aliphatic rings. The van der Waals surface area contributed by atoms with Crippen LogP contribution in [-0.2, 0) is 9.53 Å². The second-order valence-corrected chi connectivity index (χ2v) is 7.14. The summed E-state index contributed by atoms with van der Waals surface area (Å²) in [6.07, 6.45) is 9.57. The molecule has 1 saturated carbocycles. The molecule has 2 rings (SSSR count). The molecule has 0 spiro atoms. The van der Waals surface area contributed by atoms with E-state index in [9.17, 15) is 9.59 Å². The van der Waals surface area contributed by atoms with E-state index in [1.807, 2.05) is 4.90 Å². The predicted octanol–water partition coefficient (Wildman–Crippen LogP) is 2.59. The van der Waals surface area contributed by atoms with Gasteiger partial charge in [-0.2, -0.15) is 0 Å². The molecule has 0 aromatic carbocycles. The van der Waals surface area contributed by atoms with Crippen molar-refractivity contribution in [1.29, 1.82) is 0 Å². The second-order valence-electron chi connectivity index (χ2n) is 7.14. The molecule has 0 radical (unpaired) electrons. The van der Waals surface area contributed by atoms with Gasteiger partial charge in [0.05, 0.1) is 6.61 Å². The van der Waals surface area contributed by atoms with E-state index in [1.54, 1.807) is 13.0 Å². The minimum Gasteiger partial charge on any atom is -0.368 e. The molecule has 3 amide bonds. The van der Waals surface area contributed by atoms with Crippen molar-refractivity contribution in [3.63, 3.8) is 0 Å². The summed E-state index contributed by atoms with van der Waals surface area (Å²) in [7, 11) is 0. The van der Waals surface area contributed by atoms with Gasteiger partial charge in [-0.15, -0.1) is 6.58 Å². The van der Waals surface area contributed by atoms with Crippen molar-refractivity contribution in [1.82, 2.24) is 15.5 Å². The highest BCUT2D eigenvalue weighted by molar-refractivity contribution is 5.80. The Bertz CT molecular complexity index is 441. The average Bonchev–Trinajstić information content (AvgIpc) is 2.62. The first-order valence-electron chi connectivity index (χ1n) is 9.68. The molecule has 1 aliphatic heterocycles. The molecule has 0 bridgehead atoms. The molecular formula is C19H33N3O3. The summed E-state index contributed by atoms with van der Waals surface area (Å²) < 4.78 is 5.53. The van der Waals surface area contributed by atoms with Gasteiger partial charge in [-0.25, -0.2) is 4.79 Å². The van der Waals surface area contributed by atoms with Crippen molar-refractivity contribution in [3.8, 4) is 0 Å². The zero-order valence-electron chi connectivity index (χ0n) is 15.5. The minimum absolute atomic E-state index is 0.0363. The van der Waals surface area contributed by atoms with Crippen molar-refractivity contribution < 1.29 is 14.3 Å². The summed E-state index contributed by atoms with van der Waals surface area (Å²) in [5.74, 6) is 0.0363. The maximum Gasteiger partial charge on any atom is 0.315 e. The molecule has 1 unspecified atom stereocenters. The highest BCUT2D eigenvalue weighted by Crippen LogP contribution is 2.17. The molecule has 1 aliphatic carbocycles. The Morgan fingerprint density at radius 1 is 1.12 bits per heavy atom. The number of hydrogen-bond donors (Lipinski definition) is 2. The van der Waals surface area contributed by atoms with Gasteiger partial charge in [-0.05, 0) is 39.0 Å². The van der Waals surface area contributed by atoms with Gasteiger partial charge >= 0.3 is 6.03 Å². The van der Waals surface area contributed by atoms with Gasteiger partial charge in [-0.3, -0.25) is 4.79 Å². The Hall–Kier alpha value is -1.56. The Kier molecular flexibility index (Phi) is 8.25. The molecule has 2 N–H and O–H groups in total. The smallest absolute Gasteiger partial charge is 0.315 e. The maximum atomic E-state index is 12.4. The monoisotopic (exact) mass is 351 g/mol. The molecule has 2 fully saturated rings. The number of nitrogens with one attached hydrogen (secondary N) is 2. The zero-order chi connectivity index (χ0) is 18.1. The van der Waals surface area contributed by atoms with Crippen LogP contribution in [0.1, 0.15) is 58.3 Å². The fourth-order valence-corrected chi connectivity index (χ4v) is 3.56. The van der Waals surface area contributed by atoms with Crippen LogP contribution >= 0.6 is 0 Å². The molecular weight excluding hydrogens is 318 g/mol. The first-order valence-corrected chi connectivity index (χ1v) is 9.68. The lowest BCUT2D eigenvalue weighted by atomic mass is 9.96. The van der Waals surface area contributed by atoms with Crippen molar-refractivity contribution in [2.24, 2.45) is 0 Å². The summed E-state index contributed by atoms with van der Waals surface area (Å²) in [6.45, 7) is 7.31. The van der Waals surface area contributed by atoms with Gasteiger partial charge < -0.3 is 20.3 Å². The number of nitrogens with zero attached hydrogens (tertiary/aromatic N) is 1. The molecule has 1 atom stereocenters. The van der Waals surface area contributed by atoms with Crippen LogP contribution in [0.3, 0.4) is 0 Å². The Morgan fingerprint density at radius 3 is 2.32 bits per heavy atom. The third-order valence-corrected chi connectivity index (χ3v) is 5.12. The van der Waals surface area contributed by atoms with Gasteiger partial charge in [-0.1, -0.05) is 25.3 Å². The fourth-order valence-electron chi connectivity index (χ4n) is 3.56. The van der Waals surface area contributed by atoms with Gasteiger partial charge in [0.15, 0.2) is 0 Å². The lowest BCUT2D eigenvalue weighted by molar-refractivity contribution is -0.143. The van der Waals surface area contributed by atoms with E-state index in [4.69, 9.17) is 4.74 Å². The summed E-state index contributed by atoms with van der Waals surface area (Å²) in [6, 6.07) is 0.409. The molecule has 25 heavy (non-hydrogen) atoms. The molecule has 142 valence electrons. The number of carbonyl (C=O) groups is 2. The number of likely N-dealkylation sites (tertiary alicyclic amines) is 1. The minimum atomic E-state index is -0.418. The van der Waals surface area contributed by atoms with Crippen LogP contribution in [0.15, 0.2) is 12.7 Å². The molecule has 1 heterocycles. The predicted molar refractivity (Wildman–Crippen MR) is 98.4 cm³/mol. The van der Waals surface area contributed by atoms with Crippen LogP contribution in [0.4, 0.5) is 4.79 Å². The van der Waals surface area contributed by atoms with Crippen LogP contribution in [0, 0.1) is 0 Å². The Morgan fingerprint density at radius 2 is 1.72 bits per heavy atom. The average molecular weight is 351 g/mol. The number of carbonyl (C=O) groups excluding carboxylic acids is 2. The summed E-state index contributed by atoms with van der Waals surface area (Å²) >= 11 is 0. The Labute approximate surface area is 151 Å². The van der Waals surface area contributed by atoms with Crippen molar-refractivity contribution >= 4 is 11.9 Å². The maximum absolute atomic E-state index is 12.4. The number of piperidine rings is 1.